The van der Waals surface area contributed by atoms with E-state index in [2.05, 4.69) is 5.32 Å². The number of halogens is 2. The van der Waals surface area contributed by atoms with Gasteiger partial charge in [0.15, 0.2) is 0 Å². The third-order valence-corrected chi connectivity index (χ3v) is 7.59. The van der Waals surface area contributed by atoms with E-state index in [0.717, 1.165) is 8.61 Å². The van der Waals surface area contributed by atoms with E-state index < -0.39 is 28.7 Å². The number of likely N-dealkylation sites (N-methyl/N-ethyl adjacent to an activating group) is 1. The number of amides is 2. The van der Waals surface area contributed by atoms with Crippen LogP contribution in [0.5, 0.6) is 0 Å². The quantitative estimate of drug-likeness (QED) is 0.527. The molecule has 0 spiro atoms. The van der Waals surface area contributed by atoms with Gasteiger partial charge in [-0.1, -0.05) is 54.4 Å². The molecule has 2 aromatic rings. The van der Waals surface area contributed by atoms with Crippen LogP contribution in [0.25, 0.3) is 0 Å². The lowest BCUT2D eigenvalue weighted by Gasteiger charge is -2.33. The Morgan fingerprint density at radius 2 is 1.67 bits per heavy atom. The number of carbonyl (C=O) groups is 2. The summed E-state index contributed by atoms with van der Waals surface area (Å²) in [5, 5.41) is 3.25. The lowest BCUT2D eigenvalue weighted by Crippen LogP contribution is -2.52. The van der Waals surface area contributed by atoms with Crippen molar-refractivity contribution in [2.45, 2.75) is 25.9 Å². The number of nitrogens with one attached hydrogen (secondary N) is 1. The largest absolute Gasteiger partial charge is 0.357 e. The molecule has 1 atom stereocenters. The Kier molecular flexibility index (Phi) is 9.54. The average Bonchev–Trinajstić information content (AvgIpc) is 2.79. The first-order valence-electron chi connectivity index (χ1n) is 10.2. The van der Waals surface area contributed by atoms with Gasteiger partial charge in [0, 0.05) is 27.7 Å². The number of carbonyl (C=O) groups excluding carboxylic acids is 2. The molecule has 8 nitrogen and oxygen atoms in total. The van der Waals surface area contributed by atoms with Gasteiger partial charge in [0.1, 0.15) is 12.6 Å². The van der Waals surface area contributed by atoms with Crippen molar-refractivity contribution in [3.63, 3.8) is 0 Å². The molecule has 0 bridgehead atoms. The summed E-state index contributed by atoms with van der Waals surface area (Å²) in [4.78, 5) is 27.5. The Morgan fingerprint density at radius 3 is 2.18 bits per heavy atom. The predicted octanol–water partition coefficient (Wildman–Crippen LogP) is 3.16. The second-order valence-corrected chi connectivity index (χ2v) is 10.3. The smallest absolute Gasteiger partial charge is 0.304 e. The van der Waals surface area contributed by atoms with Crippen LogP contribution in [0.1, 0.15) is 18.9 Å². The van der Waals surface area contributed by atoms with Gasteiger partial charge in [0.05, 0.1) is 15.7 Å². The molecule has 0 unspecified atom stereocenters. The Labute approximate surface area is 205 Å². The first kappa shape index (κ1) is 26.9. The molecule has 0 aliphatic carbocycles. The molecule has 2 amide bonds. The summed E-state index contributed by atoms with van der Waals surface area (Å²) >= 11 is 12.1. The highest BCUT2D eigenvalue weighted by Crippen LogP contribution is 2.25. The molecular weight excluding hydrogens is 487 g/mol. The molecule has 0 aromatic heterocycles. The minimum Gasteiger partial charge on any atom is -0.357 e. The van der Waals surface area contributed by atoms with Crippen LogP contribution in [-0.2, 0) is 26.3 Å². The minimum absolute atomic E-state index is 0.0479. The maximum Gasteiger partial charge on any atom is 0.304 e. The van der Waals surface area contributed by atoms with Gasteiger partial charge in [0.25, 0.3) is 0 Å². The molecule has 33 heavy (non-hydrogen) atoms. The zero-order chi connectivity index (χ0) is 24.8. The number of rotatable bonds is 10. The second kappa shape index (κ2) is 11.7. The number of nitrogens with zero attached hydrogens (tertiary/aromatic N) is 3. The summed E-state index contributed by atoms with van der Waals surface area (Å²) in [5.41, 5.74) is 0.990. The van der Waals surface area contributed by atoms with Crippen LogP contribution in [0.3, 0.4) is 0 Å². The fourth-order valence-corrected chi connectivity index (χ4v) is 4.61. The Morgan fingerprint density at radius 1 is 1.03 bits per heavy atom. The van der Waals surface area contributed by atoms with E-state index in [1.54, 1.807) is 55.5 Å². The van der Waals surface area contributed by atoms with Crippen molar-refractivity contribution in [1.82, 2.24) is 14.5 Å². The molecule has 2 aromatic carbocycles. The molecule has 0 heterocycles. The third-order valence-electron chi connectivity index (χ3n) is 5.03. The summed E-state index contributed by atoms with van der Waals surface area (Å²) in [5.74, 6) is -0.890. The molecule has 180 valence electrons. The van der Waals surface area contributed by atoms with E-state index in [4.69, 9.17) is 23.2 Å². The van der Waals surface area contributed by atoms with Crippen LogP contribution in [0.4, 0.5) is 5.69 Å². The van der Waals surface area contributed by atoms with Crippen LogP contribution in [0.2, 0.25) is 10.0 Å². The van der Waals surface area contributed by atoms with Gasteiger partial charge in [-0.15, -0.1) is 0 Å². The van der Waals surface area contributed by atoms with Gasteiger partial charge in [0.2, 0.25) is 11.8 Å². The summed E-state index contributed by atoms with van der Waals surface area (Å²) in [6.45, 7) is 1.34. The van der Waals surface area contributed by atoms with Crippen LogP contribution < -0.4 is 9.62 Å². The molecule has 11 heteroatoms. The zero-order valence-corrected chi connectivity index (χ0v) is 21.3. The van der Waals surface area contributed by atoms with E-state index in [0.29, 0.717) is 27.7 Å². The number of benzene rings is 2. The Balaban J connectivity index is 2.48. The molecular formula is C22H28Cl2N4O4S. The van der Waals surface area contributed by atoms with Gasteiger partial charge in [-0.25, -0.2) is 4.31 Å². The number of para-hydroxylation sites is 1. The third kappa shape index (κ3) is 6.60. The number of anilines is 1. The first-order chi connectivity index (χ1) is 15.5. The monoisotopic (exact) mass is 514 g/mol. The second-order valence-electron chi connectivity index (χ2n) is 7.44. The van der Waals surface area contributed by atoms with E-state index >= 15 is 0 Å². The average molecular weight is 515 g/mol. The number of hydrogen-bond acceptors (Lipinski definition) is 4. The summed E-state index contributed by atoms with van der Waals surface area (Å²) < 4.78 is 28.1. The van der Waals surface area contributed by atoms with Crippen molar-refractivity contribution >= 4 is 50.9 Å². The first-order valence-corrected chi connectivity index (χ1v) is 12.4. The van der Waals surface area contributed by atoms with Crippen molar-refractivity contribution in [2.24, 2.45) is 0 Å². The van der Waals surface area contributed by atoms with Crippen molar-refractivity contribution in [2.75, 3.05) is 32.0 Å². The van der Waals surface area contributed by atoms with Gasteiger partial charge < -0.3 is 10.2 Å². The van der Waals surface area contributed by atoms with E-state index in [1.807, 2.05) is 0 Å². The number of hydrogen-bond donors (Lipinski definition) is 1. The predicted molar refractivity (Wildman–Crippen MR) is 132 cm³/mol. The van der Waals surface area contributed by atoms with Crippen molar-refractivity contribution in [1.29, 1.82) is 0 Å². The lowest BCUT2D eigenvalue weighted by molar-refractivity contribution is -0.140. The van der Waals surface area contributed by atoms with Crippen LogP contribution >= 0.6 is 23.2 Å². The summed E-state index contributed by atoms with van der Waals surface area (Å²) in [7, 11) is 0.285. The molecule has 0 aliphatic heterocycles. The summed E-state index contributed by atoms with van der Waals surface area (Å²) in [6, 6.07) is 12.5. The zero-order valence-electron chi connectivity index (χ0n) is 19.0. The standard InChI is InChI=1S/C22H28Cl2N4O4S/c1-5-20(22(30)25-2)27(14-16-11-12-18(23)19(24)13-16)21(29)15-28(33(31,32)26(3)4)17-9-7-6-8-10-17/h6-13,20H,5,14-15H2,1-4H3,(H,25,30)/t20-/m0/s1. The topological polar surface area (TPSA) is 90.0 Å². The fourth-order valence-electron chi connectivity index (χ4n) is 3.23. The van der Waals surface area contributed by atoms with Gasteiger partial charge in [-0.05, 0) is 36.2 Å². The highest BCUT2D eigenvalue weighted by Gasteiger charge is 2.33. The van der Waals surface area contributed by atoms with Crippen LogP contribution in [-0.4, -0.2) is 63.2 Å². The highest BCUT2D eigenvalue weighted by molar-refractivity contribution is 7.90. The lowest BCUT2D eigenvalue weighted by atomic mass is 10.1. The van der Waals surface area contributed by atoms with E-state index in [-0.39, 0.29) is 12.5 Å². The fraction of sp³-hybridized carbons (Fsp3) is 0.364. The maximum absolute atomic E-state index is 13.5. The Hall–Kier alpha value is -2.33. The maximum atomic E-state index is 13.5. The molecule has 0 saturated heterocycles. The molecule has 1 N–H and O–H groups in total. The molecule has 0 radical (unpaired) electrons. The molecule has 0 saturated carbocycles. The van der Waals surface area contributed by atoms with Gasteiger partial charge >= 0.3 is 10.2 Å². The molecule has 0 aliphatic rings. The molecule has 2 rings (SSSR count). The van der Waals surface area contributed by atoms with Crippen LogP contribution in [0, 0.1) is 0 Å². The minimum atomic E-state index is -3.98. The van der Waals surface area contributed by atoms with Crippen LogP contribution in [0.15, 0.2) is 48.5 Å². The SMILES string of the molecule is CC[C@@H](C(=O)NC)N(Cc1ccc(Cl)c(Cl)c1)C(=O)CN(c1ccccc1)S(=O)(=O)N(C)C. The van der Waals surface area contributed by atoms with E-state index in [9.17, 15) is 18.0 Å². The highest BCUT2D eigenvalue weighted by atomic mass is 35.5. The van der Waals surface area contributed by atoms with Crippen molar-refractivity contribution in [3.05, 3.63) is 64.1 Å². The normalized spacial score (nSPS) is 12.3. The van der Waals surface area contributed by atoms with Crippen molar-refractivity contribution < 1.29 is 18.0 Å². The van der Waals surface area contributed by atoms with Gasteiger partial charge in [-0.2, -0.15) is 12.7 Å². The van der Waals surface area contributed by atoms with Gasteiger partial charge in [-0.3, -0.25) is 9.59 Å². The van der Waals surface area contributed by atoms with Crippen molar-refractivity contribution in [3.8, 4) is 0 Å². The Bertz CT molecular complexity index is 1080. The molecule has 0 fully saturated rings. The summed E-state index contributed by atoms with van der Waals surface area (Å²) in [6.07, 6.45) is 0.332. The van der Waals surface area contributed by atoms with E-state index in [1.165, 1.54) is 26.0 Å².